The Kier molecular flexibility index (Phi) is 14.4. The molecule has 0 unspecified atom stereocenters. The lowest BCUT2D eigenvalue weighted by molar-refractivity contribution is -0.138. The van der Waals surface area contributed by atoms with Gasteiger partial charge in [-0.05, 0) is 25.7 Å². The number of anilines is 1. The average molecular weight is 669 g/mol. The van der Waals surface area contributed by atoms with E-state index < -0.39 is 29.9 Å². The summed E-state index contributed by atoms with van der Waals surface area (Å²) in [5.74, 6) is -1.15. The predicted molar refractivity (Wildman–Crippen MR) is 178 cm³/mol. The first kappa shape index (κ1) is 36.5. The number of unbranched alkanes of at least 4 members (excludes halogenated alkanes) is 2. The van der Waals surface area contributed by atoms with Crippen molar-refractivity contribution in [1.82, 2.24) is 25.1 Å². The molecular formula is C34H48N6O8. The van der Waals surface area contributed by atoms with Crippen molar-refractivity contribution in [3.8, 4) is 11.4 Å². The maximum Gasteiger partial charge on any atom is 0.409 e. The van der Waals surface area contributed by atoms with Crippen LogP contribution in [0.15, 0.2) is 36.4 Å². The molecule has 0 spiro atoms. The number of amides is 3. The summed E-state index contributed by atoms with van der Waals surface area (Å²) >= 11 is 0. The van der Waals surface area contributed by atoms with Crippen LogP contribution in [0, 0.1) is 0 Å². The number of aliphatic carboxylic acids is 1. The average Bonchev–Trinajstić information content (AvgIpc) is 3.12. The number of hydrogen-bond donors (Lipinski definition) is 2. The van der Waals surface area contributed by atoms with Crippen LogP contribution in [0.5, 0.6) is 0 Å². The van der Waals surface area contributed by atoms with E-state index in [1.165, 1.54) is 0 Å². The molecule has 0 saturated carbocycles. The fourth-order valence-corrected chi connectivity index (χ4v) is 5.67. The van der Waals surface area contributed by atoms with Crippen molar-refractivity contribution < 1.29 is 38.5 Å². The van der Waals surface area contributed by atoms with E-state index in [-0.39, 0.29) is 50.8 Å². The Hall–Kier alpha value is -4.30. The highest BCUT2D eigenvalue weighted by Gasteiger charge is 2.32. The molecule has 14 nitrogen and oxygen atoms in total. The number of benzene rings is 1. The molecule has 0 bridgehead atoms. The number of carboxylic acid groups (broad SMARTS) is 1. The van der Waals surface area contributed by atoms with Crippen molar-refractivity contribution in [2.75, 3.05) is 71.1 Å². The summed E-state index contributed by atoms with van der Waals surface area (Å²) in [6.07, 6.45) is 3.65. The van der Waals surface area contributed by atoms with Gasteiger partial charge in [-0.1, -0.05) is 50.1 Å². The van der Waals surface area contributed by atoms with Crippen LogP contribution in [-0.2, 0) is 23.8 Å². The molecule has 2 N–H and O–H groups in total. The Morgan fingerprint density at radius 2 is 1.65 bits per heavy atom. The number of nitrogens with zero attached hydrogens (tertiary/aromatic N) is 5. The lowest BCUT2D eigenvalue weighted by Gasteiger charge is -2.36. The van der Waals surface area contributed by atoms with E-state index in [0.29, 0.717) is 44.6 Å². The molecule has 262 valence electrons. The molecule has 3 amide bonds. The molecule has 2 aliphatic heterocycles. The number of carbonyl (C=O) groups is 4. The Bertz CT molecular complexity index is 1350. The standard InChI is InChI=1S/C34H48N6O8/c1-3-4-8-21-48-34(45)40-19-17-39(18-20-40)33(44)27(11-12-30(41)42)36-32(43)28-24-29(37-31(35-28)25-9-6-5-7-10-25)38-15-13-26(14-16-38)47-23-22-46-2/h5-7,9-10,24,26-27H,3-4,8,11-23H2,1-2H3,(H,36,43)(H,41,42)/t27-/m0/s1. The summed E-state index contributed by atoms with van der Waals surface area (Å²) in [6, 6.07) is 9.83. The monoisotopic (exact) mass is 668 g/mol. The minimum atomic E-state index is -1.10. The number of carboxylic acids is 1. The molecule has 0 aliphatic carbocycles. The van der Waals surface area contributed by atoms with Gasteiger partial charge in [-0.15, -0.1) is 0 Å². The van der Waals surface area contributed by atoms with Gasteiger partial charge in [0.05, 0.1) is 25.9 Å². The van der Waals surface area contributed by atoms with Crippen LogP contribution >= 0.6 is 0 Å². The van der Waals surface area contributed by atoms with E-state index in [2.05, 4.69) is 22.1 Å². The largest absolute Gasteiger partial charge is 0.481 e. The van der Waals surface area contributed by atoms with Crippen molar-refractivity contribution in [3.05, 3.63) is 42.1 Å². The summed E-state index contributed by atoms with van der Waals surface area (Å²) in [7, 11) is 1.64. The minimum absolute atomic E-state index is 0.0704. The Morgan fingerprint density at radius 3 is 2.31 bits per heavy atom. The molecule has 4 rings (SSSR count). The van der Waals surface area contributed by atoms with E-state index in [0.717, 1.165) is 37.7 Å². The number of ether oxygens (including phenoxy) is 3. The topological polar surface area (TPSA) is 164 Å². The number of hydrogen-bond acceptors (Lipinski definition) is 10. The van der Waals surface area contributed by atoms with Gasteiger partial charge in [0, 0.05) is 64.4 Å². The van der Waals surface area contributed by atoms with E-state index in [4.69, 9.17) is 19.2 Å². The van der Waals surface area contributed by atoms with Crippen molar-refractivity contribution >= 4 is 29.7 Å². The van der Waals surface area contributed by atoms with Gasteiger partial charge >= 0.3 is 12.1 Å². The number of aromatic nitrogens is 2. The van der Waals surface area contributed by atoms with Crippen molar-refractivity contribution in [3.63, 3.8) is 0 Å². The fraction of sp³-hybridized carbons (Fsp3) is 0.588. The van der Waals surface area contributed by atoms with Gasteiger partial charge in [0.2, 0.25) is 5.91 Å². The summed E-state index contributed by atoms with van der Waals surface area (Å²) in [5.41, 5.74) is 0.799. The molecule has 3 heterocycles. The van der Waals surface area contributed by atoms with Crippen LogP contribution in [0.4, 0.5) is 10.6 Å². The van der Waals surface area contributed by atoms with E-state index >= 15 is 0 Å². The minimum Gasteiger partial charge on any atom is -0.481 e. The summed E-state index contributed by atoms with van der Waals surface area (Å²) in [5, 5.41) is 12.2. The van der Waals surface area contributed by atoms with Crippen molar-refractivity contribution in [2.45, 2.75) is 64.0 Å². The highest BCUT2D eigenvalue weighted by atomic mass is 16.6. The fourth-order valence-electron chi connectivity index (χ4n) is 5.67. The Balaban J connectivity index is 1.46. The quantitative estimate of drug-likeness (QED) is 0.253. The van der Waals surface area contributed by atoms with Crippen molar-refractivity contribution in [2.24, 2.45) is 0 Å². The van der Waals surface area contributed by atoms with E-state index in [1.807, 2.05) is 30.3 Å². The molecule has 1 aromatic heterocycles. The predicted octanol–water partition coefficient (Wildman–Crippen LogP) is 3.21. The number of carbonyl (C=O) groups excluding carboxylic acids is 3. The van der Waals surface area contributed by atoms with Gasteiger partial charge in [0.1, 0.15) is 17.6 Å². The molecule has 48 heavy (non-hydrogen) atoms. The molecule has 1 atom stereocenters. The highest BCUT2D eigenvalue weighted by molar-refractivity contribution is 5.97. The zero-order valence-electron chi connectivity index (χ0n) is 28.0. The van der Waals surface area contributed by atoms with E-state index in [9.17, 15) is 24.3 Å². The molecule has 2 saturated heterocycles. The second-order valence-electron chi connectivity index (χ2n) is 11.9. The third-order valence-electron chi connectivity index (χ3n) is 8.46. The highest BCUT2D eigenvalue weighted by Crippen LogP contribution is 2.24. The Morgan fingerprint density at radius 1 is 0.938 bits per heavy atom. The third kappa shape index (κ3) is 10.9. The molecule has 2 aromatic rings. The summed E-state index contributed by atoms with van der Waals surface area (Å²) < 4.78 is 16.3. The van der Waals surface area contributed by atoms with Crippen LogP contribution < -0.4 is 10.2 Å². The molecule has 1 aromatic carbocycles. The second kappa shape index (κ2) is 18.9. The smallest absolute Gasteiger partial charge is 0.409 e. The van der Waals surface area contributed by atoms with Crippen LogP contribution in [-0.4, -0.2) is 127 Å². The zero-order valence-corrected chi connectivity index (χ0v) is 28.0. The van der Waals surface area contributed by atoms with Gasteiger partial charge in [0.15, 0.2) is 5.82 Å². The van der Waals surface area contributed by atoms with E-state index in [1.54, 1.807) is 23.0 Å². The molecular weight excluding hydrogens is 620 g/mol. The van der Waals surface area contributed by atoms with Crippen LogP contribution in [0.2, 0.25) is 0 Å². The maximum atomic E-state index is 13.8. The second-order valence-corrected chi connectivity index (χ2v) is 11.9. The first-order valence-electron chi connectivity index (χ1n) is 16.8. The van der Waals surface area contributed by atoms with Gasteiger partial charge in [-0.3, -0.25) is 14.4 Å². The van der Waals surface area contributed by atoms with Gasteiger partial charge in [-0.2, -0.15) is 0 Å². The molecule has 0 radical (unpaired) electrons. The van der Waals surface area contributed by atoms with Crippen LogP contribution in [0.1, 0.15) is 62.4 Å². The molecule has 2 aliphatic rings. The Labute approximate surface area is 281 Å². The first-order chi connectivity index (χ1) is 23.3. The number of piperazine rings is 1. The zero-order chi connectivity index (χ0) is 34.3. The van der Waals surface area contributed by atoms with Gasteiger partial charge in [0.25, 0.3) is 5.91 Å². The van der Waals surface area contributed by atoms with Crippen LogP contribution in [0.3, 0.4) is 0 Å². The van der Waals surface area contributed by atoms with Gasteiger partial charge < -0.3 is 39.3 Å². The summed E-state index contributed by atoms with van der Waals surface area (Å²) in [4.78, 5) is 65.9. The number of rotatable bonds is 16. The lowest BCUT2D eigenvalue weighted by Crippen LogP contribution is -2.56. The first-order valence-corrected chi connectivity index (χ1v) is 16.8. The molecule has 2 fully saturated rings. The van der Waals surface area contributed by atoms with Crippen LogP contribution in [0.25, 0.3) is 11.4 Å². The normalized spacial score (nSPS) is 16.0. The third-order valence-corrected chi connectivity index (χ3v) is 8.46. The number of methoxy groups -OCH3 is 1. The molecule has 14 heteroatoms. The number of piperidine rings is 1. The number of nitrogens with one attached hydrogen (secondary N) is 1. The van der Waals surface area contributed by atoms with Crippen molar-refractivity contribution in [1.29, 1.82) is 0 Å². The summed E-state index contributed by atoms with van der Waals surface area (Å²) in [6.45, 7) is 5.86. The van der Waals surface area contributed by atoms with Gasteiger partial charge in [-0.25, -0.2) is 14.8 Å². The lowest BCUT2D eigenvalue weighted by atomic mass is 10.1. The maximum absolute atomic E-state index is 13.8. The SMILES string of the molecule is CCCCCOC(=O)N1CCN(C(=O)[C@H](CCC(=O)O)NC(=O)c2cc(N3CCC(OCCOC)CC3)nc(-c3ccccc3)n2)CC1.